The first kappa shape index (κ1) is 16.3. The Labute approximate surface area is 153 Å². The molecule has 8 heteroatoms. The molecule has 1 aliphatic rings. The molecule has 1 amide bonds. The minimum atomic E-state index is -0.145. The zero-order chi connectivity index (χ0) is 17.8. The molecule has 2 aromatic heterocycles. The van der Waals surface area contributed by atoms with Gasteiger partial charge in [0, 0.05) is 23.3 Å². The average molecular weight is 369 g/mol. The van der Waals surface area contributed by atoms with Crippen molar-refractivity contribution in [3.8, 4) is 17.2 Å². The number of rotatable bonds is 6. The van der Waals surface area contributed by atoms with Crippen LogP contribution in [0.15, 0.2) is 48.1 Å². The minimum Gasteiger partial charge on any atom is -0.485 e. The molecule has 1 aromatic carbocycles. The Balaban J connectivity index is 1.31. The molecular formula is C18H15N3O4S. The Morgan fingerprint density at radius 3 is 3.08 bits per heavy atom. The number of nitrogens with one attached hydrogen (secondary N) is 1. The maximum Gasteiger partial charge on any atom is 0.231 e. The van der Waals surface area contributed by atoms with Crippen molar-refractivity contribution in [3.63, 3.8) is 0 Å². The van der Waals surface area contributed by atoms with Crippen LogP contribution in [0.25, 0.3) is 0 Å². The fourth-order valence-electron chi connectivity index (χ4n) is 2.42. The average Bonchev–Trinajstić information content (AvgIpc) is 3.29. The number of fused-ring (bicyclic) bond motifs is 1. The van der Waals surface area contributed by atoms with Crippen molar-refractivity contribution in [2.24, 2.45) is 0 Å². The van der Waals surface area contributed by atoms with Crippen molar-refractivity contribution in [2.45, 2.75) is 13.0 Å². The Hall–Kier alpha value is -3.13. The van der Waals surface area contributed by atoms with Crippen LogP contribution in [0.1, 0.15) is 10.7 Å². The van der Waals surface area contributed by atoms with E-state index in [0.29, 0.717) is 35.2 Å². The van der Waals surface area contributed by atoms with Gasteiger partial charge in [0.2, 0.25) is 12.7 Å². The number of hydrogen-bond acceptors (Lipinski definition) is 7. The minimum absolute atomic E-state index is 0.145. The van der Waals surface area contributed by atoms with Gasteiger partial charge in [-0.1, -0.05) is 0 Å². The van der Waals surface area contributed by atoms with E-state index in [0.717, 1.165) is 5.01 Å². The number of carbonyl (C=O) groups is 1. The van der Waals surface area contributed by atoms with Gasteiger partial charge < -0.3 is 19.5 Å². The second-order valence-corrected chi connectivity index (χ2v) is 6.45. The van der Waals surface area contributed by atoms with Crippen LogP contribution >= 0.6 is 11.3 Å². The lowest BCUT2D eigenvalue weighted by Crippen LogP contribution is -2.14. The molecular weight excluding hydrogens is 354 g/mol. The largest absolute Gasteiger partial charge is 0.485 e. The van der Waals surface area contributed by atoms with Crippen LogP contribution in [-0.4, -0.2) is 22.7 Å². The second-order valence-electron chi connectivity index (χ2n) is 5.50. The van der Waals surface area contributed by atoms with Gasteiger partial charge in [0.25, 0.3) is 0 Å². The van der Waals surface area contributed by atoms with Crippen molar-refractivity contribution in [1.29, 1.82) is 0 Å². The Kier molecular flexibility index (Phi) is 4.65. The van der Waals surface area contributed by atoms with E-state index >= 15 is 0 Å². The highest BCUT2D eigenvalue weighted by molar-refractivity contribution is 7.09. The molecule has 0 spiro atoms. The number of carbonyl (C=O) groups excluding carboxylic acids is 1. The number of nitrogens with zero attached hydrogens (tertiary/aromatic N) is 2. The van der Waals surface area contributed by atoms with Crippen LogP contribution in [-0.2, 0) is 17.8 Å². The summed E-state index contributed by atoms with van der Waals surface area (Å²) in [5.74, 6) is 1.85. The molecule has 7 nitrogen and oxygen atoms in total. The molecule has 0 fully saturated rings. The lowest BCUT2D eigenvalue weighted by atomic mass is 10.2. The summed E-state index contributed by atoms with van der Waals surface area (Å²) in [4.78, 5) is 20.6. The Morgan fingerprint density at radius 1 is 1.27 bits per heavy atom. The topological polar surface area (TPSA) is 82.6 Å². The number of benzene rings is 1. The van der Waals surface area contributed by atoms with Gasteiger partial charge in [0.15, 0.2) is 11.5 Å². The van der Waals surface area contributed by atoms with Gasteiger partial charge in [-0.05, 0) is 24.3 Å². The molecule has 0 aliphatic carbocycles. The number of pyridine rings is 1. The third-order valence-corrected chi connectivity index (χ3v) is 4.47. The number of thiazole rings is 1. The molecule has 1 N–H and O–H groups in total. The molecule has 0 radical (unpaired) electrons. The first-order chi connectivity index (χ1) is 12.8. The van der Waals surface area contributed by atoms with Crippen LogP contribution in [0.3, 0.4) is 0 Å². The molecule has 4 rings (SSSR count). The van der Waals surface area contributed by atoms with Crippen LogP contribution in [0.4, 0.5) is 5.69 Å². The predicted octanol–water partition coefficient (Wildman–Crippen LogP) is 3.03. The zero-order valence-corrected chi connectivity index (χ0v) is 14.5. The molecule has 1 aliphatic heterocycles. The van der Waals surface area contributed by atoms with Crippen molar-refractivity contribution in [1.82, 2.24) is 9.97 Å². The van der Waals surface area contributed by atoms with E-state index in [4.69, 9.17) is 14.2 Å². The molecule has 132 valence electrons. The van der Waals surface area contributed by atoms with E-state index in [1.54, 1.807) is 30.6 Å². The fourth-order valence-corrected chi connectivity index (χ4v) is 3.12. The highest BCUT2D eigenvalue weighted by Crippen LogP contribution is 2.34. The van der Waals surface area contributed by atoms with E-state index in [2.05, 4.69) is 15.3 Å². The molecule has 3 aromatic rings. The lowest BCUT2D eigenvalue weighted by Gasteiger charge is -2.05. The Morgan fingerprint density at radius 2 is 2.19 bits per heavy atom. The second kappa shape index (κ2) is 7.40. The van der Waals surface area contributed by atoms with Crippen molar-refractivity contribution in [3.05, 3.63) is 58.8 Å². The molecule has 0 atom stereocenters. The number of ether oxygens (including phenoxy) is 3. The summed E-state index contributed by atoms with van der Waals surface area (Å²) in [6.07, 6.45) is 3.53. The third-order valence-electron chi connectivity index (χ3n) is 3.59. The van der Waals surface area contributed by atoms with Crippen LogP contribution in [0, 0.1) is 0 Å². The quantitative estimate of drug-likeness (QED) is 0.719. The fraction of sp³-hybridized carbons (Fsp3) is 0.167. The summed E-state index contributed by atoms with van der Waals surface area (Å²) in [7, 11) is 0. The van der Waals surface area contributed by atoms with E-state index in [-0.39, 0.29) is 19.1 Å². The summed E-state index contributed by atoms with van der Waals surface area (Å²) in [6, 6.07) is 8.94. The zero-order valence-electron chi connectivity index (χ0n) is 13.7. The van der Waals surface area contributed by atoms with Crippen molar-refractivity contribution >= 4 is 22.9 Å². The van der Waals surface area contributed by atoms with Gasteiger partial charge in [0.1, 0.15) is 17.4 Å². The summed E-state index contributed by atoms with van der Waals surface area (Å²) in [5, 5.41) is 5.51. The molecule has 0 saturated heterocycles. The first-order valence-corrected chi connectivity index (χ1v) is 8.80. The molecule has 26 heavy (non-hydrogen) atoms. The number of amides is 1. The summed E-state index contributed by atoms with van der Waals surface area (Å²) < 4.78 is 16.2. The van der Waals surface area contributed by atoms with E-state index in [1.165, 1.54) is 11.3 Å². The summed E-state index contributed by atoms with van der Waals surface area (Å²) >= 11 is 1.46. The SMILES string of the molecule is O=C(Cc1csc(COc2cccnc2)n1)Nc1ccc2c(c1)OCO2. The number of aromatic nitrogens is 2. The molecule has 0 saturated carbocycles. The lowest BCUT2D eigenvalue weighted by molar-refractivity contribution is -0.115. The van der Waals surface area contributed by atoms with Crippen LogP contribution in [0.2, 0.25) is 0 Å². The summed E-state index contributed by atoms with van der Waals surface area (Å²) in [5.41, 5.74) is 1.37. The maximum atomic E-state index is 12.2. The van der Waals surface area contributed by atoms with E-state index in [1.807, 2.05) is 17.5 Å². The number of anilines is 1. The first-order valence-electron chi connectivity index (χ1n) is 7.92. The Bertz CT molecular complexity index is 914. The smallest absolute Gasteiger partial charge is 0.231 e. The molecule has 0 bridgehead atoms. The monoisotopic (exact) mass is 369 g/mol. The molecule has 0 unspecified atom stereocenters. The van der Waals surface area contributed by atoms with E-state index in [9.17, 15) is 4.79 Å². The predicted molar refractivity (Wildman–Crippen MR) is 95.6 cm³/mol. The van der Waals surface area contributed by atoms with Gasteiger partial charge in [-0.2, -0.15) is 0 Å². The number of hydrogen-bond donors (Lipinski definition) is 1. The standard InChI is InChI=1S/C18H15N3O4S/c22-17(20-12-3-4-15-16(6-12)25-11-24-15)7-13-10-26-18(21-13)9-23-14-2-1-5-19-8-14/h1-6,8,10H,7,9,11H2,(H,20,22). The van der Waals surface area contributed by atoms with Gasteiger partial charge in [-0.25, -0.2) is 4.98 Å². The van der Waals surface area contributed by atoms with Crippen molar-refractivity contribution < 1.29 is 19.0 Å². The highest BCUT2D eigenvalue weighted by Gasteiger charge is 2.15. The van der Waals surface area contributed by atoms with Gasteiger partial charge >= 0.3 is 0 Å². The van der Waals surface area contributed by atoms with Crippen molar-refractivity contribution in [2.75, 3.05) is 12.1 Å². The highest BCUT2D eigenvalue weighted by atomic mass is 32.1. The summed E-state index contributed by atoms with van der Waals surface area (Å²) in [6.45, 7) is 0.551. The van der Waals surface area contributed by atoms with Gasteiger partial charge in [0.05, 0.1) is 18.3 Å². The normalized spacial score (nSPS) is 12.0. The van der Waals surface area contributed by atoms with Crippen LogP contribution < -0.4 is 19.5 Å². The van der Waals surface area contributed by atoms with Gasteiger partial charge in [-0.15, -0.1) is 11.3 Å². The maximum absolute atomic E-state index is 12.2. The van der Waals surface area contributed by atoms with Gasteiger partial charge in [-0.3, -0.25) is 9.78 Å². The third kappa shape index (κ3) is 3.92. The van der Waals surface area contributed by atoms with Crippen LogP contribution in [0.5, 0.6) is 17.2 Å². The van der Waals surface area contributed by atoms with E-state index < -0.39 is 0 Å². The molecule has 3 heterocycles.